The van der Waals surface area contributed by atoms with Crippen molar-refractivity contribution in [2.24, 2.45) is 4.99 Å². The molecule has 0 atom stereocenters. The van der Waals surface area contributed by atoms with E-state index in [0.717, 1.165) is 17.1 Å². The molecule has 142 valence electrons. The SMILES string of the molecule is C/C(=N\c1ccc(NC(=O)CNC(=O)OCc2ccccc2)cc1)N(C)C. The number of benzene rings is 2. The van der Waals surface area contributed by atoms with Crippen LogP contribution in [0.3, 0.4) is 0 Å². The second-order valence-electron chi connectivity index (χ2n) is 6.06. The van der Waals surface area contributed by atoms with Crippen LogP contribution < -0.4 is 10.6 Å². The number of hydrogen-bond acceptors (Lipinski definition) is 4. The number of nitrogens with zero attached hydrogens (tertiary/aromatic N) is 2. The van der Waals surface area contributed by atoms with Gasteiger partial charge in [-0.2, -0.15) is 0 Å². The van der Waals surface area contributed by atoms with E-state index < -0.39 is 6.09 Å². The van der Waals surface area contributed by atoms with E-state index in [1.807, 2.05) is 68.4 Å². The number of hydrogen-bond donors (Lipinski definition) is 2. The molecule has 0 aliphatic rings. The van der Waals surface area contributed by atoms with Crippen molar-refractivity contribution in [3.63, 3.8) is 0 Å². The summed E-state index contributed by atoms with van der Waals surface area (Å²) in [5.74, 6) is 0.539. The number of rotatable bonds is 6. The van der Waals surface area contributed by atoms with E-state index in [-0.39, 0.29) is 19.1 Å². The third-order valence-electron chi connectivity index (χ3n) is 3.70. The zero-order valence-electron chi connectivity index (χ0n) is 15.7. The minimum absolute atomic E-state index is 0.155. The molecule has 0 spiro atoms. The van der Waals surface area contributed by atoms with E-state index >= 15 is 0 Å². The smallest absolute Gasteiger partial charge is 0.407 e. The van der Waals surface area contributed by atoms with E-state index in [4.69, 9.17) is 4.74 Å². The van der Waals surface area contributed by atoms with Crippen molar-refractivity contribution in [3.05, 3.63) is 60.2 Å². The number of ether oxygens (including phenoxy) is 1. The molecule has 27 heavy (non-hydrogen) atoms. The highest BCUT2D eigenvalue weighted by Crippen LogP contribution is 2.16. The van der Waals surface area contributed by atoms with Gasteiger partial charge < -0.3 is 20.3 Å². The maximum absolute atomic E-state index is 11.9. The van der Waals surface area contributed by atoms with Crippen LogP contribution in [0.25, 0.3) is 0 Å². The molecule has 0 bridgehead atoms. The van der Waals surface area contributed by atoms with E-state index in [1.54, 1.807) is 12.1 Å². The van der Waals surface area contributed by atoms with Crippen molar-refractivity contribution in [2.45, 2.75) is 13.5 Å². The Balaban J connectivity index is 1.75. The van der Waals surface area contributed by atoms with Gasteiger partial charge in [-0.25, -0.2) is 9.79 Å². The third kappa shape index (κ3) is 7.19. The van der Waals surface area contributed by atoms with Crippen LogP contribution >= 0.6 is 0 Å². The van der Waals surface area contributed by atoms with Crippen molar-refractivity contribution < 1.29 is 14.3 Å². The minimum Gasteiger partial charge on any atom is -0.445 e. The fourth-order valence-corrected chi connectivity index (χ4v) is 2.04. The molecule has 0 unspecified atom stereocenters. The summed E-state index contributed by atoms with van der Waals surface area (Å²) >= 11 is 0. The molecule has 0 radical (unpaired) electrons. The fraction of sp³-hybridized carbons (Fsp3) is 0.250. The van der Waals surface area contributed by atoms with Crippen molar-refractivity contribution in [1.29, 1.82) is 0 Å². The van der Waals surface area contributed by atoms with E-state index in [0.29, 0.717) is 5.69 Å². The summed E-state index contributed by atoms with van der Waals surface area (Å²) in [5, 5.41) is 5.13. The first-order valence-corrected chi connectivity index (χ1v) is 8.51. The summed E-state index contributed by atoms with van der Waals surface area (Å²) in [6, 6.07) is 16.5. The van der Waals surface area contributed by atoms with Crippen LogP contribution in [0.4, 0.5) is 16.2 Å². The first-order valence-electron chi connectivity index (χ1n) is 8.51. The molecule has 0 heterocycles. The molecular formula is C20H24N4O3. The second kappa shape index (κ2) is 9.96. The molecular weight excluding hydrogens is 344 g/mol. The van der Waals surface area contributed by atoms with Gasteiger partial charge in [0.1, 0.15) is 19.0 Å². The first kappa shape index (κ1) is 20.0. The number of alkyl carbamates (subject to hydrolysis) is 1. The van der Waals surface area contributed by atoms with Gasteiger partial charge in [0, 0.05) is 19.8 Å². The molecule has 0 fully saturated rings. The Kier molecular flexibility index (Phi) is 7.37. The topological polar surface area (TPSA) is 83.0 Å². The van der Waals surface area contributed by atoms with Gasteiger partial charge >= 0.3 is 6.09 Å². The molecule has 0 saturated heterocycles. The number of aliphatic imine (C=N–C) groups is 1. The largest absolute Gasteiger partial charge is 0.445 e. The Bertz CT molecular complexity index is 787. The molecule has 0 aliphatic carbocycles. The van der Waals surface area contributed by atoms with Gasteiger partial charge in [0.05, 0.1) is 5.69 Å². The number of carbonyl (C=O) groups excluding carboxylic acids is 2. The Morgan fingerprint density at radius 2 is 1.70 bits per heavy atom. The quantitative estimate of drug-likeness (QED) is 0.606. The number of amides is 2. The van der Waals surface area contributed by atoms with Crippen LogP contribution in [0, 0.1) is 0 Å². The van der Waals surface area contributed by atoms with E-state index in [1.165, 1.54) is 0 Å². The molecule has 0 saturated carbocycles. The van der Waals surface area contributed by atoms with Gasteiger partial charge in [-0.1, -0.05) is 30.3 Å². The third-order valence-corrected chi connectivity index (χ3v) is 3.70. The lowest BCUT2D eigenvalue weighted by Gasteiger charge is -2.11. The summed E-state index contributed by atoms with van der Waals surface area (Å²) in [6.07, 6.45) is -0.641. The normalized spacial score (nSPS) is 10.9. The molecule has 0 aromatic heterocycles. The zero-order chi connectivity index (χ0) is 19.6. The predicted molar refractivity (Wildman–Crippen MR) is 106 cm³/mol. The van der Waals surface area contributed by atoms with Crippen molar-refractivity contribution in [2.75, 3.05) is 26.0 Å². The average Bonchev–Trinajstić information content (AvgIpc) is 2.67. The Morgan fingerprint density at radius 3 is 2.33 bits per heavy atom. The maximum Gasteiger partial charge on any atom is 0.407 e. The Morgan fingerprint density at radius 1 is 1.04 bits per heavy atom. The summed E-state index contributed by atoms with van der Waals surface area (Å²) in [7, 11) is 3.84. The van der Waals surface area contributed by atoms with Crippen molar-refractivity contribution in [1.82, 2.24) is 10.2 Å². The van der Waals surface area contributed by atoms with E-state index in [2.05, 4.69) is 15.6 Å². The minimum atomic E-state index is -0.641. The van der Waals surface area contributed by atoms with Crippen molar-refractivity contribution in [3.8, 4) is 0 Å². The molecule has 7 nitrogen and oxygen atoms in total. The highest BCUT2D eigenvalue weighted by atomic mass is 16.5. The van der Waals surface area contributed by atoms with Gasteiger partial charge in [0.2, 0.25) is 5.91 Å². The van der Waals surface area contributed by atoms with Crippen LogP contribution in [0.1, 0.15) is 12.5 Å². The van der Waals surface area contributed by atoms with Gasteiger partial charge in [-0.05, 0) is 36.8 Å². The highest BCUT2D eigenvalue weighted by molar-refractivity contribution is 5.94. The summed E-state index contributed by atoms with van der Waals surface area (Å²) in [5.41, 5.74) is 2.30. The lowest BCUT2D eigenvalue weighted by Crippen LogP contribution is -2.33. The Hall–Kier alpha value is -3.35. The fourth-order valence-electron chi connectivity index (χ4n) is 2.04. The predicted octanol–water partition coefficient (Wildman–Crippen LogP) is 3.16. The number of carbonyl (C=O) groups is 2. The lowest BCUT2D eigenvalue weighted by atomic mass is 10.2. The van der Waals surface area contributed by atoms with Gasteiger partial charge in [-0.15, -0.1) is 0 Å². The molecule has 7 heteroatoms. The Labute approximate surface area is 159 Å². The summed E-state index contributed by atoms with van der Waals surface area (Å²) in [6.45, 7) is 1.90. The lowest BCUT2D eigenvalue weighted by molar-refractivity contribution is -0.115. The second-order valence-corrected chi connectivity index (χ2v) is 6.06. The van der Waals surface area contributed by atoms with Crippen LogP contribution in [0.5, 0.6) is 0 Å². The van der Waals surface area contributed by atoms with Crippen LogP contribution in [-0.4, -0.2) is 43.4 Å². The van der Waals surface area contributed by atoms with Gasteiger partial charge in [-0.3, -0.25) is 4.79 Å². The summed E-state index contributed by atoms with van der Waals surface area (Å²) in [4.78, 5) is 29.9. The monoisotopic (exact) mass is 368 g/mol. The molecule has 2 N–H and O–H groups in total. The molecule has 2 aromatic carbocycles. The van der Waals surface area contributed by atoms with Crippen LogP contribution in [0.2, 0.25) is 0 Å². The maximum atomic E-state index is 11.9. The van der Waals surface area contributed by atoms with Crippen molar-refractivity contribution >= 4 is 29.2 Å². The number of anilines is 1. The average molecular weight is 368 g/mol. The first-order chi connectivity index (χ1) is 12.9. The van der Waals surface area contributed by atoms with Crippen LogP contribution in [-0.2, 0) is 16.1 Å². The van der Waals surface area contributed by atoms with E-state index in [9.17, 15) is 9.59 Å². The summed E-state index contributed by atoms with van der Waals surface area (Å²) < 4.78 is 5.05. The molecule has 2 amide bonds. The zero-order valence-corrected chi connectivity index (χ0v) is 15.7. The van der Waals surface area contributed by atoms with Gasteiger partial charge in [0.25, 0.3) is 0 Å². The number of nitrogens with one attached hydrogen (secondary N) is 2. The standard InChI is InChI=1S/C20H24N4O3/c1-15(24(2)3)22-17-9-11-18(12-10-17)23-19(25)13-21-20(26)27-14-16-7-5-4-6-8-16/h4-12H,13-14H2,1-3H3,(H,21,26)(H,23,25)/b22-15+. The van der Waals surface area contributed by atoms with Gasteiger partial charge in [0.15, 0.2) is 0 Å². The molecule has 2 aromatic rings. The highest BCUT2D eigenvalue weighted by Gasteiger charge is 2.07. The van der Waals surface area contributed by atoms with Crippen LogP contribution in [0.15, 0.2) is 59.6 Å². The molecule has 0 aliphatic heterocycles. The molecule has 2 rings (SSSR count). The number of amidine groups is 1.